The number of esters is 2. The third kappa shape index (κ3) is 8.61. The van der Waals surface area contributed by atoms with Crippen molar-refractivity contribution in [2.45, 2.75) is 54.3 Å². The number of carbonyl (C=O) groups is 2. The van der Waals surface area contributed by atoms with Gasteiger partial charge in [-0.3, -0.25) is 23.2 Å². The number of rotatable bonds is 14. The first-order chi connectivity index (χ1) is 21.4. The molecule has 2 aromatic heterocycles. The van der Waals surface area contributed by atoms with Crippen LogP contribution in [0.1, 0.15) is 48.7 Å². The van der Waals surface area contributed by atoms with Gasteiger partial charge in [-0.15, -0.1) is 11.3 Å². The van der Waals surface area contributed by atoms with Crippen LogP contribution in [0.4, 0.5) is 0 Å². The molecule has 2 aromatic carbocycles. The fourth-order valence-electron chi connectivity index (χ4n) is 4.44. The SMILES string of the molecule is COc1cc(COP(=O)(OCc2ccc(OC(C)=O)c(OC)c2)c2occc2-c2nc(C)sc2CC(C)C)ccc1OC(C)=O. The van der Waals surface area contributed by atoms with Crippen LogP contribution in [0.15, 0.2) is 53.1 Å². The normalized spacial score (nSPS) is 11.5. The smallest absolute Gasteiger partial charge is 0.397 e. The number of hydrogen-bond acceptors (Lipinski definition) is 12. The van der Waals surface area contributed by atoms with Gasteiger partial charge in [-0.1, -0.05) is 26.0 Å². The van der Waals surface area contributed by atoms with Crippen molar-refractivity contribution in [1.29, 1.82) is 0 Å². The molecule has 0 bridgehead atoms. The molecular formula is C32H36NO10PS. The van der Waals surface area contributed by atoms with Crippen LogP contribution in [-0.2, 0) is 42.8 Å². The molecule has 13 heteroatoms. The average Bonchev–Trinajstić information content (AvgIpc) is 3.62. The molecule has 0 saturated carbocycles. The summed E-state index contributed by atoms with van der Waals surface area (Å²) in [7, 11) is -1.28. The molecule has 0 amide bonds. The second-order valence-electron chi connectivity index (χ2n) is 10.4. The molecule has 0 N–H and O–H groups in total. The van der Waals surface area contributed by atoms with Crippen molar-refractivity contribution in [3.8, 4) is 34.3 Å². The van der Waals surface area contributed by atoms with Gasteiger partial charge in [0.2, 0.25) is 5.50 Å². The van der Waals surface area contributed by atoms with E-state index in [2.05, 4.69) is 13.8 Å². The van der Waals surface area contributed by atoms with Crippen molar-refractivity contribution in [2.24, 2.45) is 5.92 Å². The van der Waals surface area contributed by atoms with Gasteiger partial charge >= 0.3 is 19.5 Å². The van der Waals surface area contributed by atoms with Crippen molar-refractivity contribution in [1.82, 2.24) is 4.98 Å². The van der Waals surface area contributed by atoms with Crippen LogP contribution in [0, 0.1) is 12.8 Å². The van der Waals surface area contributed by atoms with Crippen LogP contribution in [0.3, 0.4) is 0 Å². The van der Waals surface area contributed by atoms with Crippen LogP contribution in [-0.4, -0.2) is 31.1 Å². The van der Waals surface area contributed by atoms with Crippen LogP contribution in [0.2, 0.25) is 0 Å². The largest absolute Gasteiger partial charge is 0.493 e. The van der Waals surface area contributed by atoms with Crippen molar-refractivity contribution >= 4 is 36.4 Å². The number of aromatic nitrogens is 1. The predicted octanol–water partition coefficient (Wildman–Crippen LogP) is 7.03. The van der Waals surface area contributed by atoms with Crippen LogP contribution < -0.4 is 24.4 Å². The summed E-state index contributed by atoms with van der Waals surface area (Å²) < 4.78 is 53.8. The minimum atomic E-state index is -4.17. The zero-order valence-corrected chi connectivity index (χ0v) is 27.9. The van der Waals surface area contributed by atoms with Gasteiger partial charge in [0.15, 0.2) is 23.0 Å². The van der Waals surface area contributed by atoms with Gasteiger partial charge in [0, 0.05) is 18.7 Å². The number of hydrogen-bond donors (Lipinski definition) is 0. The first kappa shape index (κ1) is 33.9. The standard InChI is InChI=1S/C32H36NO10PS/c1-19(2)14-30-31(33-20(3)45-30)25-12-13-39-32(25)44(36,40-17-23-8-10-26(42-21(4)34)28(15-23)37-6)41-18-24-9-11-27(43-22(5)35)29(16-24)38-7/h8-13,15-16,19H,14,17-18H2,1-7H3. The monoisotopic (exact) mass is 657 g/mol. The van der Waals surface area contributed by atoms with E-state index in [-0.39, 0.29) is 30.2 Å². The molecule has 2 heterocycles. The Morgan fingerprint density at radius 1 is 0.867 bits per heavy atom. The van der Waals surface area contributed by atoms with E-state index in [1.54, 1.807) is 53.8 Å². The number of aryl methyl sites for hydroxylation is 1. The molecule has 11 nitrogen and oxygen atoms in total. The Labute approximate surface area is 265 Å². The summed E-state index contributed by atoms with van der Waals surface area (Å²) >= 11 is 1.58. The molecule has 4 aromatic rings. The molecule has 45 heavy (non-hydrogen) atoms. The van der Waals surface area contributed by atoms with Gasteiger partial charge in [-0.2, -0.15) is 0 Å². The number of methoxy groups -OCH3 is 2. The number of furan rings is 1. The molecule has 0 unspecified atom stereocenters. The van der Waals surface area contributed by atoms with Crippen molar-refractivity contribution in [2.75, 3.05) is 14.2 Å². The highest BCUT2D eigenvalue weighted by Crippen LogP contribution is 2.52. The van der Waals surface area contributed by atoms with E-state index in [0.29, 0.717) is 39.8 Å². The summed E-state index contributed by atoms with van der Waals surface area (Å²) in [5.74, 6) is 0.468. The zero-order chi connectivity index (χ0) is 32.7. The molecular weight excluding hydrogens is 621 g/mol. The lowest BCUT2D eigenvalue weighted by Gasteiger charge is -2.19. The van der Waals surface area contributed by atoms with Gasteiger partial charge in [0.25, 0.3) is 0 Å². The Morgan fingerprint density at radius 2 is 1.40 bits per heavy atom. The van der Waals surface area contributed by atoms with E-state index in [0.717, 1.165) is 16.3 Å². The van der Waals surface area contributed by atoms with Crippen LogP contribution in [0.25, 0.3) is 11.3 Å². The highest BCUT2D eigenvalue weighted by molar-refractivity contribution is 7.62. The lowest BCUT2D eigenvalue weighted by molar-refractivity contribution is -0.132. The maximum atomic E-state index is 14.7. The summed E-state index contributed by atoms with van der Waals surface area (Å²) in [6.07, 6.45) is 2.21. The highest BCUT2D eigenvalue weighted by Gasteiger charge is 2.37. The third-order valence-electron chi connectivity index (χ3n) is 6.31. The summed E-state index contributed by atoms with van der Waals surface area (Å²) in [4.78, 5) is 28.7. The summed E-state index contributed by atoms with van der Waals surface area (Å²) in [5.41, 5.74) is 2.37. The number of carbonyl (C=O) groups excluding carboxylic acids is 2. The summed E-state index contributed by atoms with van der Waals surface area (Å²) in [6.45, 7) is 8.43. The summed E-state index contributed by atoms with van der Waals surface area (Å²) in [5, 5.41) is 0.865. The number of nitrogens with zero attached hydrogens (tertiary/aromatic N) is 1. The fraction of sp³-hybridized carbons (Fsp3) is 0.344. The van der Waals surface area contributed by atoms with Gasteiger partial charge in [-0.05, 0) is 60.7 Å². The molecule has 0 radical (unpaired) electrons. The van der Waals surface area contributed by atoms with E-state index in [1.165, 1.54) is 34.3 Å². The Balaban J connectivity index is 1.70. The third-order valence-corrected chi connectivity index (χ3v) is 9.09. The Morgan fingerprint density at radius 3 is 1.87 bits per heavy atom. The molecule has 0 aliphatic rings. The average molecular weight is 658 g/mol. The molecule has 0 aliphatic carbocycles. The van der Waals surface area contributed by atoms with Crippen molar-refractivity contribution in [3.63, 3.8) is 0 Å². The Bertz CT molecular complexity index is 1630. The minimum absolute atomic E-state index is 0.0183. The van der Waals surface area contributed by atoms with Gasteiger partial charge < -0.3 is 23.4 Å². The maximum absolute atomic E-state index is 14.7. The minimum Gasteiger partial charge on any atom is -0.493 e. The van der Waals surface area contributed by atoms with Crippen molar-refractivity contribution in [3.05, 3.63) is 69.7 Å². The second-order valence-corrected chi connectivity index (χ2v) is 13.6. The van der Waals surface area contributed by atoms with Gasteiger partial charge in [0.05, 0.1) is 50.0 Å². The number of benzene rings is 2. The predicted molar refractivity (Wildman–Crippen MR) is 169 cm³/mol. The van der Waals surface area contributed by atoms with E-state index < -0.39 is 19.5 Å². The number of ether oxygens (including phenoxy) is 4. The topological polar surface area (TPSA) is 133 Å². The Hall–Kier alpha value is -3.96. The zero-order valence-electron chi connectivity index (χ0n) is 26.2. The molecule has 0 aliphatic heterocycles. The first-order valence-corrected chi connectivity index (χ1v) is 16.4. The van der Waals surface area contributed by atoms with E-state index in [1.807, 2.05) is 6.92 Å². The lowest BCUT2D eigenvalue weighted by Crippen LogP contribution is -2.12. The van der Waals surface area contributed by atoms with Gasteiger partial charge in [-0.25, -0.2) is 4.98 Å². The molecule has 0 fully saturated rings. The quantitative estimate of drug-likeness (QED) is 0.0786. The summed E-state index contributed by atoms with van der Waals surface area (Å²) in [6, 6.07) is 11.4. The maximum Gasteiger partial charge on any atom is 0.397 e. The fourth-order valence-corrected chi connectivity index (χ4v) is 7.21. The molecule has 0 saturated heterocycles. The lowest BCUT2D eigenvalue weighted by atomic mass is 10.1. The molecule has 240 valence electrons. The number of thiazole rings is 1. The van der Waals surface area contributed by atoms with E-state index in [9.17, 15) is 14.2 Å². The van der Waals surface area contributed by atoms with E-state index >= 15 is 0 Å². The molecule has 4 rings (SSSR count). The first-order valence-electron chi connectivity index (χ1n) is 14.1. The van der Waals surface area contributed by atoms with Crippen molar-refractivity contribution < 1.29 is 46.6 Å². The Kier molecular flexibility index (Phi) is 11.2. The molecule has 0 atom stereocenters. The van der Waals surface area contributed by atoms with Crippen LogP contribution in [0.5, 0.6) is 23.0 Å². The van der Waals surface area contributed by atoms with Crippen LogP contribution >= 0.6 is 18.9 Å². The van der Waals surface area contributed by atoms with E-state index in [4.69, 9.17) is 37.4 Å². The molecule has 0 spiro atoms. The highest BCUT2D eigenvalue weighted by atomic mass is 32.1. The second kappa shape index (κ2) is 14.9. The van der Waals surface area contributed by atoms with Gasteiger partial charge in [0.1, 0.15) is 0 Å².